The van der Waals surface area contributed by atoms with Gasteiger partial charge in [0.2, 0.25) is 0 Å². The number of hydrogen-bond acceptors (Lipinski definition) is 3. The monoisotopic (exact) mass is 257 g/mol. The summed E-state index contributed by atoms with van der Waals surface area (Å²) in [7, 11) is 0. The maximum Gasteiger partial charge on any atom is 0.257 e. The van der Waals surface area contributed by atoms with E-state index >= 15 is 0 Å². The predicted molar refractivity (Wildman–Crippen MR) is 70.1 cm³/mol. The molecule has 2 aromatic rings. The Hall–Kier alpha value is -2.14. The van der Waals surface area contributed by atoms with E-state index in [1.807, 2.05) is 30.3 Å². The van der Waals surface area contributed by atoms with Gasteiger partial charge in [-0.3, -0.25) is 4.79 Å². The molecule has 1 aromatic heterocycles. The van der Waals surface area contributed by atoms with E-state index in [4.69, 9.17) is 0 Å². The summed E-state index contributed by atoms with van der Waals surface area (Å²) < 4.78 is 1.68. The maximum absolute atomic E-state index is 12.2. The van der Waals surface area contributed by atoms with Crippen molar-refractivity contribution in [3.63, 3.8) is 0 Å². The van der Waals surface area contributed by atoms with Gasteiger partial charge in [-0.05, 0) is 18.6 Å². The van der Waals surface area contributed by atoms with E-state index in [2.05, 4.69) is 5.10 Å². The van der Waals surface area contributed by atoms with Crippen LogP contribution in [0.1, 0.15) is 16.8 Å². The summed E-state index contributed by atoms with van der Waals surface area (Å²) in [5, 5.41) is 13.7. The average molecular weight is 257 g/mol. The lowest BCUT2D eigenvalue weighted by Gasteiger charge is -2.13. The molecule has 0 bridgehead atoms. The van der Waals surface area contributed by atoms with Crippen LogP contribution in [0.3, 0.4) is 0 Å². The molecule has 0 spiro atoms. The molecule has 1 N–H and O–H groups in total. The third-order valence-corrected chi connectivity index (χ3v) is 3.30. The fraction of sp³-hybridized carbons (Fsp3) is 0.286. The lowest BCUT2D eigenvalue weighted by Crippen LogP contribution is -2.29. The molecule has 1 atom stereocenters. The van der Waals surface area contributed by atoms with E-state index in [0.29, 0.717) is 25.1 Å². The molecule has 1 aliphatic rings. The van der Waals surface area contributed by atoms with Gasteiger partial charge in [0.05, 0.1) is 23.6 Å². The second kappa shape index (κ2) is 4.85. The lowest BCUT2D eigenvalue weighted by molar-refractivity contribution is 0.0765. The third-order valence-electron chi connectivity index (χ3n) is 3.30. The van der Waals surface area contributed by atoms with Crippen molar-refractivity contribution >= 4 is 5.91 Å². The number of β-amino-alcohol motifs (C(OH)–C–C–N with tert-alkyl or cyclic N) is 1. The van der Waals surface area contributed by atoms with Crippen LogP contribution in [-0.4, -0.2) is 44.9 Å². The second-order valence-electron chi connectivity index (χ2n) is 4.70. The van der Waals surface area contributed by atoms with Crippen molar-refractivity contribution in [1.82, 2.24) is 14.7 Å². The zero-order valence-electron chi connectivity index (χ0n) is 10.4. The summed E-state index contributed by atoms with van der Waals surface area (Å²) in [6, 6.07) is 9.65. The van der Waals surface area contributed by atoms with Crippen molar-refractivity contribution in [2.24, 2.45) is 0 Å². The van der Waals surface area contributed by atoms with E-state index in [1.54, 1.807) is 22.0 Å². The highest BCUT2D eigenvalue weighted by Gasteiger charge is 2.26. The normalized spacial score (nSPS) is 18.8. The van der Waals surface area contributed by atoms with Crippen LogP contribution in [0.4, 0.5) is 0 Å². The molecule has 2 heterocycles. The van der Waals surface area contributed by atoms with Gasteiger partial charge in [-0.2, -0.15) is 5.10 Å². The van der Waals surface area contributed by atoms with E-state index < -0.39 is 6.10 Å². The first kappa shape index (κ1) is 11.9. The molecule has 1 saturated heterocycles. The van der Waals surface area contributed by atoms with E-state index in [9.17, 15) is 9.90 Å². The molecule has 5 heteroatoms. The first-order chi connectivity index (χ1) is 9.24. The van der Waals surface area contributed by atoms with Crippen LogP contribution in [0, 0.1) is 0 Å². The number of rotatable bonds is 2. The molecule has 0 aliphatic carbocycles. The standard InChI is InChI=1S/C14H15N3O2/c18-13-6-7-16(10-13)14(19)11-8-15-17(9-11)12-4-2-1-3-5-12/h1-5,8-9,13,18H,6-7,10H2/t13-/m1/s1. The van der Waals surface area contributed by atoms with Crippen LogP contribution in [-0.2, 0) is 0 Å². The van der Waals surface area contributed by atoms with Crippen LogP contribution in [0.5, 0.6) is 0 Å². The molecule has 1 amide bonds. The number of aromatic nitrogens is 2. The van der Waals surface area contributed by atoms with Crippen LogP contribution >= 0.6 is 0 Å². The first-order valence-corrected chi connectivity index (χ1v) is 6.31. The SMILES string of the molecule is O=C(c1cnn(-c2ccccc2)c1)N1CC[C@@H](O)C1. The molecule has 98 valence electrons. The highest BCUT2D eigenvalue weighted by atomic mass is 16.3. The summed E-state index contributed by atoms with van der Waals surface area (Å²) in [6.07, 6.45) is 3.55. The quantitative estimate of drug-likeness (QED) is 0.875. The molecular weight excluding hydrogens is 242 g/mol. The van der Waals surface area contributed by atoms with E-state index in [1.165, 1.54) is 0 Å². The number of para-hydroxylation sites is 1. The fourth-order valence-electron chi connectivity index (χ4n) is 2.26. The zero-order chi connectivity index (χ0) is 13.2. The summed E-state index contributed by atoms with van der Waals surface area (Å²) >= 11 is 0. The second-order valence-corrected chi connectivity index (χ2v) is 4.70. The summed E-state index contributed by atoms with van der Waals surface area (Å²) in [5.74, 6) is -0.0706. The molecule has 1 fully saturated rings. The minimum Gasteiger partial charge on any atom is -0.391 e. The Bertz CT molecular complexity index is 579. The van der Waals surface area contributed by atoms with Gasteiger partial charge in [-0.1, -0.05) is 18.2 Å². The number of aliphatic hydroxyl groups excluding tert-OH is 1. The number of carbonyl (C=O) groups excluding carboxylic acids is 1. The minimum atomic E-state index is -0.395. The molecular formula is C14H15N3O2. The number of amides is 1. The Morgan fingerprint density at radius 3 is 2.79 bits per heavy atom. The van der Waals surface area contributed by atoms with E-state index in [0.717, 1.165) is 5.69 Å². The van der Waals surface area contributed by atoms with Crippen molar-refractivity contribution in [3.8, 4) is 5.69 Å². The van der Waals surface area contributed by atoms with Gasteiger partial charge in [0.25, 0.3) is 5.91 Å². The number of likely N-dealkylation sites (tertiary alicyclic amines) is 1. The molecule has 19 heavy (non-hydrogen) atoms. The number of carbonyl (C=O) groups is 1. The Balaban J connectivity index is 1.80. The van der Waals surface area contributed by atoms with Crippen LogP contribution in [0.2, 0.25) is 0 Å². The lowest BCUT2D eigenvalue weighted by atomic mass is 10.3. The van der Waals surface area contributed by atoms with Crippen LogP contribution in [0.25, 0.3) is 5.69 Å². The van der Waals surface area contributed by atoms with Crippen LogP contribution in [0.15, 0.2) is 42.7 Å². The van der Waals surface area contributed by atoms with Crippen molar-refractivity contribution in [2.45, 2.75) is 12.5 Å². The van der Waals surface area contributed by atoms with Crippen molar-refractivity contribution in [2.75, 3.05) is 13.1 Å². The topological polar surface area (TPSA) is 58.4 Å². The van der Waals surface area contributed by atoms with E-state index in [-0.39, 0.29) is 5.91 Å². The van der Waals surface area contributed by atoms with Gasteiger partial charge in [0, 0.05) is 19.3 Å². The zero-order valence-corrected chi connectivity index (χ0v) is 10.4. The molecule has 0 radical (unpaired) electrons. The molecule has 0 unspecified atom stereocenters. The van der Waals surface area contributed by atoms with Gasteiger partial charge in [-0.25, -0.2) is 4.68 Å². The average Bonchev–Trinajstić information content (AvgIpc) is 3.08. The third kappa shape index (κ3) is 2.37. The molecule has 1 aromatic carbocycles. The molecule has 0 saturated carbocycles. The highest BCUT2D eigenvalue weighted by molar-refractivity contribution is 5.94. The molecule has 5 nitrogen and oxygen atoms in total. The summed E-state index contributed by atoms with van der Waals surface area (Å²) in [4.78, 5) is 13.9. The van der Waals surface area contributed by atoms with Crippen molar-refractivity contribution in [3.05, 3.63) is 48.3 Å². The molecule has 3 rings (SSSR count). The Kier molecular flexibility index (Phi) is 3.05. The number of aliphatic hydroxyl groups is 1. The summed E-state index contributed by atoms with van der Waals surface area (Å²) in [5.41, 5.74) is 1.47. The Morgan fingerprint density at radius 2 is 2.11 bits per heavy atom. The number of benzene rings is 1. The number of nitrogens with zero attached hydrogens (tertiary/aromatic N) is 3. The van der Waals surface area contributed by atoms with Crippen molar-refractivity contribution in [1.29, 1.82) is 0 Å². The highest BCUT2D eigenvalue weighted by Crippen LogP contribution is 2.14. The minimum absolute atomic E-state index is 0.0706. The molecule has 1 aliphatic heterocycles. The van der Waals surface area contributed by atoms with Gasteiger partial charge in [0.15, 0.2) is 0 Å². The van der Waals surface area contributed by atoms with Gasteiger partial charge in [-0.15, -0.1) is 0 Å². The van der Waals surface area contributed by atoms with Gasteiger partial charge < -0.3 is 10.0 Å². The van der Waals surface area contributed by atoms with Gasteiger partial charge in [0.1, 0.15) is 0 Å². The Labute approximate surface area is 111 Å². The maximum atomic E-state index is 12.2. The largest absolute Gasteiger partial charge is 0.391 e. The number of hydrogen-bond donors (Lipinski definition) is 1. The Morgan fingerprint density at radius 1 is 1.32 bits per heavy atom. The fourth-order valence-corrected chi connectivity index (χ4v) is 2.26. The van der Waals surface area contributed by atoms with Crippen LogP contribution < -0.4 is 0 Å². The predicted octanol–water partition coefficient (Wildman–Crippen LogP) is 1.08. The summed E-state index contributed by atoms with van der Waals surface area (Å²) in [6.45, 7) is 1.02. The van der Waals surface area contributed by atoms with Gasteiger partial charge >= 0.3 is 0 Å². The van der Waals surface area contributed by atoms with Crippen molar-refractivity contribution < 1.29 is 9.90 Å². The first-order valence-electron chi connectivity index (χ1n) is 6.31. The smallest absolute Gasteiger partial charge is 0.257 e.